The quantitative estimate of drug-likeness (QED) is 0.621. The number of allylic oxidation sites excluding steroid dienone is 4. The van der Waals surface area contributed by atoms with Crippen molar-refractivity contribution >= 4 is 17.7 Å². The number of hydrazine groups is 1. The fourth-order valence-electron chi connectivity index (χ4n) is 3.75. The van der Waals surface area contributed by atoms with Gasteiger partial charge in [0.2, 0.25) is 5.91 Å². The maximum Gasteiger partial charge on any atom is 0.288 e. The van der Waals surface area contributed by atoms with Gasteiger partial charge >= 0.3 is 0 Å². The third-order valence-electron chi connectivity index (χ3n) is 5.46. The molecular formula is C22H29N5O3. The van der Waals surface area contributed by atoms with Gasteiger partial charge in [-0.25, -0.2) is 4.98 Å². The zero-order valence-electron chi connectivity index (χ0n) is 17.5. The van der Waals surface area contributed by atoms with Gasteiger partial charge in [0.25, 0.3) is 11.8 Å². The van der Waals surface area contributed by atoms with Gasteiger partial charge in [0.05, 0.1) is 6.17 Å². The second-order valence-corrected chi connectivity index (χ2v) is 7.69. The van der Waals surface area contributed by atoms with E-state index >= 15 is 0 Å². The minimum absolute atomic E-state index is 0.0210. The minimum Gasteiger partial charge on any atom is -0.322 e. The fraction of sp³-hybridized carbons (Fsp3) is 0.455. The van der Waals surface area contributed by atoms with Crippen molar-refractivity contribution in [1.29, 1.82) is 0 Å². The van der Waals surface area contributed by atoms with Gasteiger partial charge in [-0.15, -0.1) is 0 Å². The van der Waals surface area contributed by atoms with Crippen LogP contribution in [-0.2, 0) is 4.79 Å². The Bertz CT molecular complexity index is 864. The van der Waals surface area contributed by atoms with Crippen LogP contribution < -0.4 is 16.2 Å². The number of amides is 3. The largest absolute Gasteiger partial charge is 0.322 e. The maximum atomic E-state index is 12.7. The van der Waals surface area contributed by atoms with E-state index in [4.69, 9.17) is 0 Å². The lowest BCUT2D eigenvalue weighted by molar-refractivity contribution is -0.125. The van der Waals surface area contributed by atoms with Crippen LogP contribution in [0.1, 0.15) is 60.0 Å². The summed E-state index contributed by atoms with van der Waals surface area (Å²) in [4.78, 5) is 43.4. The van der Waals surface area contributed by atoms with Crippen molar-refractivity contribution in [2.75, 3.05) is 13.6 Å². The van der Waals surface area contributed by atoms with E-state index in [2.05, 4.69) is 27.2 Å². The van der Waals surface area contributed by atoms with Crippen LogP contribution >= 0.6 is 0 Å². The van der Waals surface area contributed by atoms with E-state index in [1.165, 1.54) is 11.6 Å². The molecule has 1 aliphatic heterocycles. The molecule has 160 valence electrons. The molecule has 30 heavy (non-hydrogen) atoms. The Morgan fingerprint density at radius 2 is 2.03 bits per heavy atom. The summed E-state index contributed by atoms with van der Waals surface area (Å²) in [6, 6.07) is 4.73. The summed E-state index contributed by atoms with van der Waals surface area (Å²) in [7, 11) is 1.82. The smallest absolute Gasteiger partial charge is 0.288 e. The van der Waals surface area contributed by atoms with Crippen LogP contribution in [0.4, 0.5) is 0 Å². The normalized spacial score (nSPS) is 19.2. The molecule has 1 fully saturated rings. The van der Waals surface area contributed by atoms with E-state index in [9.17, 15) is 14.4 Å². The first-order valence-electron chi connectivity index (χ1n) is 10.4. The zero-order valence-corrected chi connectivity index (χ0v) is 17.5. The molecule has 1 aromatic rings. The van der Waals surface area contributed by atoms with E-state index in [-0.39, 0.29) is 35.3 Å². The molecule has 0 saturated carbocycles. The number of nitrogens with zero attached hydrogens (tertiary/aromatic N) is 2. The molecule has 1 aromatic heterocycles. The Morgan fingerprint density at radius 1 is 1.23 bits per heavy atom. The van der Waals surface area contributed by atoms with Gasteiger partial charge in [-0.3, -0.25) is 25.2 Å². The molecule has 0 radical (unpaired) electrons. The fourth-order valence-corrected chi connectivity index (χ4v) is 3.75. The average molecular weight is 412 g/mol. The van der Waals surface area contributed by atoms with Crippen molar-refractivity contribution in [1.82, 2.24) is 26.1 Å². The molecule has 1 unspecified atom stereocenters. The number of nitrogens with one attached hydrogen (secondary N) is 3. The third kappa shape index (κ3) is 5.33. The topological polar surface area (TPSA) is 103 Å². The highest BCUT2D eigenvalue weighted by molar-refractivity contribution is 5.97. The van der Waals surface area contributed by atoms with Gasteiger partial charge in [-0.05, 0) is 51.3 Å². The SMILES string of the molecule is CN[C@H]1CCCN1C(=O)c1cccc(C(=O)NNC(=O)C(C)CC2=CC=CCC2)n1. The molecule has 1 aliphatic carbocycles. The molecule has 3 amide bonds. The Morgan fingerprint density at radius 3 is 2.77 bits per heavy atom. The van der Waals surface area contributed by atoms with Crippen LogP contribution in [0.2, 0.25) is 0 Å². The van der Waals surface area contributed by atoms with Gasteiger partial charge in [0.15, 0.2) is 0 Å². The first-order valence-corrected chi connectivity index (χ1v) is 10.4. The van der Waals surface area contributed by atoms with Crippen LogP contribution in [0.3, 0.4) is 0 Å². The number of pyridine rings is 1. The van der Waals surface area contributed by atoms with Gasteiger partial charge in [-0.1, -0.05) is 36.8 Å². The lowest BCUT2D eigenvalue weighted by Crippen LogP contribution is -2.45. The summed E-state index contributed by atoms with van der Waals surface area (Å²) in [5, 5.41) is 3.12. The first-order chi connectivity index (χ1) is 14.5. The number of aromatic nitrogens is 1. The summed E-state index contributed by atoms with van der Waals surface area (Å²) in [6.45, 7) is 2.48. The number of carbonyl (C=O) groups excluding carboxylic acids is 3. The molecule has 0 aromatic carbocycles. The Balaban J connectivity index is 1.56. The molecule has 0 spiro atoms. The predicted molar refractivity (Wildman–Crippen MR) is 113 cm³/mol. The molecule has 8 heteroatoms. The third-order valence-corrected chi connectivity index (χ3v) is 5.46. The summed E-state index contributed by atoms with van der Waals surface area (Å²) < 4.78 is 0. The molecule has 2 aliphatic rings. The van der Waals surface area contributed by atoms with Crippen molar-refractivity contribution < 1.29 is 14.4 Å². The van der Waals surface area contributed by atoms with E-state index in [0.717, 1.165) is 25.7 Å². The lowest BCUT2D eigenvalue weighted by Gasteiger charge is -2.23. The second kappa shape index (κ2) is 10.2. The van der Waals surface area contributed by atoms with Gasteiger partial charge in [0, 0.05) is 12.5 Å². The van der Waals surface area contributed by atoms with Crippen molar-refractivity contribution in [3.05, 3.63) is 53.4 Å². The van der Waals surface area contributed by atoms with Crippen LogP contribution in [0.15, 0.2) is 42.0 Å². The average Bonchev–Trinajstić information content (AvgIpc) is 3.26. The molecule has 0 bridgehead atoms. The van der Waals surface area contributed by atoms with Crippen LogP contribution in [0.25, 0.3) is 0 Å². The maximum absolute atomic E-state index is 12.7. The molecule has 1 saturated heterocycles. The van der Waals surface area contributed by atoms with Crippen LogP contribution in [0.5, 0.6) is 0 Å². The standard InChI is InChI=1S/C22H29N5O3/c1-15(14-16-8-4-3-5-9-16)20(28)25-26-21(29)17-10-6-11-18(24-17)22(30)27-13-7-12-19(27)23-2/h3-4,6,8,10-11,15,19,23H,5,7,9,12-14H2,1-2H3,(H,25,28)(H,26,29)/t15?,19-/m1/s1. The predicted octanol–water partition coefficient (Wildman–Crippen LogP) is 1.93. The van der Waals surface area contributed by atoms with Gasteiger partial charge in [-0.2, -0.15) is 0 Å². The number of hydrogen-bond donors (Lipinski definition) is 3. The monoisotopic (exact) mass is 411 g/mol. The van der Waals surface area contributed by atoms with E-state index in [1.807, 2.05) is 26.1 Å². The highest BCUT2D eigenvalue weighted by atomic mass is 16.2. The summed E-state index contributed by atoms with van der Waals surface area (Å²) >= 11 is 0. The number of likely N-dealkylation sites (tertiary alicyclic amines) is 1. The molecule has 3 rings (SSSR count). The second-order valence-electron chi connectivity index (χ2n) is 7.69. The van der Waals surface area contributed by atoms with Crippen LogP contribution in [0, 0.1) is 5.92 Å². The number of carbonyl (C=O) groups is 3. The molecular weight excluding hydrogens is 382 g/mol. The summed E-state index contributed by atoms with van der Waals surface area (Å²) in [5.41, 5.74) is 6.37. The molecule has 3 N–H and O–H groups in total. The number of rotatable bonds is 6. The lowest BCUT2D eigenvalue weighted by atomic mass is 9.94. The van der Waals surface area contributed by atoms with Crippen molar-refractivity contribution in [2.45, 2.75) is 45.2 Å². The minimum atomic E-state index is -0.559. The van der Waals surface area contributed by atoms with E-state index in [1.54, 1.807) is 17.0 Å². The Kier molecular flexibility index (Phi) is 7.35. The zero-order chi connectivity index (χ0) is 21.5. The summed E-state index contributed by atoms with van der Waals surface area (Å²) in [5.74, 6) is -1.30. The highest BCUT2D eigenvalue weighted by Gasteiger charge is 2.29. The Hall–Kier alpha value is -3.00. The summed E-state index contributed by atoms with van der Waals surface area (Å²) in [6.07, 6.45) is 10.5. The van der Waals surface area contributed by atoms with E-state index < -0.39 is 5.91 Å². The molecule has 8 nitrogen and oxygen atoms in total. The van der Waals surface area contributed by atoms with Crippen molar-refractivity contribution in [2.24, 2.45) is 5.92 Å². The molecule has 2 atom stereocenters. The van der Waals surface area contributed by atoms with Gasteiger partial charge < -0.3 is 10.2 Å². The van der Waals surface area contributed by atoms with E-state index in [0.29, 0.717) is 13.0 Å². The number of hydrogen-bond acceptors (Lipinski definition) is 5. The first kappa shape index (κ1) is 21.7. The highest BCUT2D eigenvalue weighted by Crippen LogP contribution is 2.20. The van der Waals surface area contributed by atoms with Crippen molar-refractivity contribution in [3.63, 3.8) is 0 Å². The van der Waals surface area contributed by atoms with Gasteiger partial charge in [0.1, 0.15) is 11.4 Å². The van der Waals surface area contributed by atoms with Crippen molar-refractivity contribution in [3.8, 4) is 0 Å². The Labute approximate surface area is 176 Å². The molecule has 2 heterocycles. The van der Waals surface area contributed by atoms with Crippen LogP contribution in [-0.4, -0.2) is 47.4 Å².